The molecule has 1 saturated heterocycles. The van der Waals surface area contributed by atoms with E-state index >= 15 is 0 Å². The van der Waals surface area contributed by atoms with Crippen LogP contribution in [0, 0.1) is 6.92 Å². The largest absolute Gasteiger partial charge is 0.342 e. The summed E-state index contributed by atoms with van der Waals surface area (Å²) in [7, 11) is 0. The zero-order chi connectivity index (χ0) is 19.7. The van der Waals surface area contributed by atoms with E-state index in [1.165, 1.54) is 18.2 Å². The van der Waals surface area contributed by atoms with E-state index in [1.807, 2.05) is 36.1 Å². The maximum atomic E-state index is 13.3. The highest BCUT2D eigenvalue weighted by molar-refractivity contribution is 8.00. The summed E-state index contributed by atoms with van der Waals surface area (Å²) in [6, 6.07) is 7.89. The number of aromatic nitrogens is 2. The van der Waals surface area contributed by atoms with Crippen LogP contribution in [0.2, 0.25) is 0 Å². The molecule has 1 atom stereocenters. The van der Waals surface area contributed by atoms with Crippen molar-refractivity contribution in [1.29, 1.82) is 0 Å². The first-order valence-corrected chi connectivity index (χ1v) is 11.7. The summed E-state index contributed by atoms with van der Waals surface area (Å²) in [5.74, 6) is 0.456. The lowest BCUT2D eigenvalue weighted by atomic mass is 10.1. The van der Waals surface area contributed by atoms with Gasteiger partial charge in [-0.2, -0.15) is 0 Å². The summed E-state index contributed by atoms with van der Waals surface area (Å²) in [6.45, 7) is 5.83. The molecule has 0 bridgehead atoms. The van der Waals surface area contributed by atoms with E-state index in [1.54, 1.807) is 16.3 Å². The van der Waals surface area contributed by atoms with Crippen molar-refractivity contribution in [2.24, 2.45) is 0 Å². The number of benzene rings is 1. The number of carbonyl (C=O) groups excluding carboxylic acids is 1. The topological polar surface area (TPSA) is 55.2 Å². The first-order chi connectivity index (χ1) is 13.5. The van der Waals surface area contributed by atoms with Crippen LogP contribution in [-0.4, -0.2) is 44.5 Å². The first kappa shape index (κ1) is 19.6. The monoisotopic (exact) mass is 415 g/mol. The number of piperidine rings is 1. The van der Waals surface area contributed by atoms with Gasteiger partial charge in [0.1, 0.15) is 0 Å². The second kappa shape index (κ2) is 8.33. The number of thioether (sulfide) groups is 2. The number of rotatable bonds is 4. The third kappa shape index (κ3) is 4.01. The lowest BCUT2D eigenvalue weighted by Gasteiger charge is -2.26. The fraction of sp³-hybridized carbons (Fsp3) is 0.476. The highest BCUT2D eigenvalue weighted by atomic mass is 32.2. The number of amides is 1. The Bertz CT molecular complexity index is 934. The minimum atomic E-state index is -0.0175. The molecule has 28 heavy (non-hydrogen) atoms. The number of hydrogen-bond acceptors (Lipinski definition) is 5. The lowest BCUT2D eigenvalue weighted by Crippen LogP contribution is -2.37. The van der Waals surface area contributed by atoms with Crippen LogP contribution in [0.1, 0.15) is 37.4 Å². The minimum absolute atomic E-state index is 0.0175. The molecule has 2 aliphatic rings. The predicted octanol–water partition coefficient (Wildman–Crippen LogP) is 3.68. The van der Waals surface area contributed by atoms with Crippen molar-refractivity contribution in [3.63, 3.8) is 0 Å². The molecule has 4 rings (SSSR count). The molecule has 2 aromatic rings. The highest BCUT2D eigenvalue weighted by Crippen LogP contribution is 2.35. The number of carbonyl (C=O) groups is 1. The molecule has 5 nitrogen and oxygen atoms in total. The van der Waals surface area contributed by atoms with Crippen molar-refractivity contribution in [3.05, 3.63) is 45.9 Å². The molecule has 0 radical (unpaired) electrons. The first-order valence-electron chi connectivity index (χ1n) is 9.83. The van der Waals surface area contributed by atoms with E-state index in [-0.39, 0.29) is 11.5 Å². The Hall–Kier alpha value is -1.73. The van der Waals surface area contributed by atoms with Crippen LogP contribution >= 0.6 is 23.5 Å². The van der Waals surface area contributed by atoms with Crippen molar-refractivity contribution in [2.45, 2.75) is 54.8 Å². The Balaban J connectivity index is 1.66. The maximum absolute atomic E-state index is 13.3. The van der Waals surface area contributed by atoms with E-state index in [0.717, 1.165) is 54.2 Å². The number of fused-ring (bicyclic) bond motifs is 1. The van der Waals surface area contributed by atoms with Gasteiger partial charge in [-0.05, 0) is 38.3 Å². The SMILES string of the molecule is Cc1ccc(-n2c(SCC(=O)N3CCCCC3)nc3c(c2=O)S[C@H](C)C3)cc1. The fourth-order valence-electron chi connectivity index (χ4n) is 3.68. The minimum Gasteiger partial charge on any atom is -0.342 e. The molecule has 0 aliphatic carbocycles. The van der Waals surface area contributed by atoms with Crippen molar-refractivity contribution in [3.8, 4) is 5.69 Å². The van der Waals surface area contributed by atoms with Gasteiger partial charge in [0.25, 0.3) is 5.56 Å². The lowest BCUT2D eigenvalue weighted by molar-refractivity contribution is -0.129. The van der Waals surface area contributed by atoms with E-state index in [0.29, 0.717) is 16.2 Å². The van der Waals surface area contributed by atoms with Crippen LogP contribution in [0.25, 0.3) is 5.69 Å². The molecule has 148 valence electrons. The number of nitrogens with zero attached hydrogens (tertiary/aromatic N) is 3. The summed E-state index contributed by atoms with van der Waals surface area (Å²) < 4.78 is 1.68. The quantitative estimate of drug-likeness (QED) is 0.563. The molecule has 0 spiro atoms. The maximum Gasteiger partial charge on any atom is 0.272 e. The summed E-state index contributed by atoms with van der Waals surface area (Å²) in [5.41, 5.74) is 2.80. The third-order valence-corrected chi connectivity index (χ3v) is 7.35. The van der Waals surface area contributed by atoms with Gasteiger partial charge < -0.3 is 4.90 Å². The molecule has 1 fully saturated rings. The molecular weight excluding hydrogens is 390 g/mol. The van der Waals surface area contributed by atoms with Crippen LogP contribution in [0.15, 0.2) is 39.1 Å². The average molecular weight is 416 g/mol. The second-order valence-electron chi connectivity index (χ2n) is 7.51. The van der Waals surface area contributed by atoms with Gasteiger partial charge in [0, 0.05) is 24.8 Å². The van der Waals surface area contributed by atoms with Gasteiger partial charge in [-0.15, -0.1) is 11.8 Å². The van der Waals surface area contributed by atoms with Gasteiger partial charge in [-0.3, -0.25) is 14.2 Å². The Morgan fingerprint density at radius 3 is 2.64 bits per heavy atom. The number of likely N-dealkylation sites (tertiary alicyclic amines) is 1. The highest BCUT2D eigenvalue weighted by Gasteiger charge is 2.27. The zero-order valence-corrected chi connectivity index (χ0v) is 17.9. The smallest absolute Gasteiger partial charge is 0.272 e. The fourth-order valence-corrected chi connectivity index (χ4v) is 5.71. The summed E-state index contributed by atoms with van der Waals surface area (Å²) in [6.07, 6.45) is 4.16. The molecule has 0 saturated carbocycles. The van der Waals surface area contributed by atoms with Crippen LogP contribution in [-0.2, 0) is 11.2 Å². The van der Waals surface area contributed by atoms with E-state index in [9.17, 15) is 9.59 Å². The van der Waals surface area contributed by atoms with Gasteiger partial charge in [0.2, 0.25) is 5.91 Å². The van der Waals surface area contributed by atoms with Gasteiger partial charge in [0.05, 0.1) is 22.0 Å². The molecule has 0 N–H and O–H groups in total. The normalized spacial score (nSPS) is 18.9. The molecule has 2 aliphatic heterocycles. The van der Waals surface area contributed by atoms with Gasteiger partial charge in [0.15, 0.2) is 5.16 Å². The molecular formula is C21H25N3O2S2. The van der Waals surface area contributed by atoms with E-state index in [4.69, 9.17) is 4.98 Å². The second-order valence-corrected chi connectivity index (χ2v) is 9.90. The number of aryl methyl sites for hydroxylation is 1. The Labute approximate surface area is 173 Å². The standard InChI is InChI=1S/C21H25N3O2S2/c1-14-6-8-16(9-7-14)24-20(26)19-17(12-15(2)28-19)22-21(24)27-13-18(25)23-10-4-3-5-11-23/h6-9,15H,3-5,10-13H2,1-2H3/t15-/m1/s1. The molecule has 1 aromatic heterocycles. The van der Waals surface area contributed by atoms with Crippen LogP contribution in [0.4, 0.5) is 0 Å². The van der Waals surface area contributed by atoms with Crippen molar-refractivity contribution in [2.75, 3.05) is 18.8 Å². The van der Waals surface area contributed by atoms with Crippen LogP contribution < -0.4 is 5.56 Å². The molecule has 7 heteroatoms. The number of hydrogen-bond donors (Lipinski definition) is 0. The molecule has 0 unspecified atom stereocenters. The Kier molecular flexibility index (Phi) is 5.83. The summed E-state index contributed by atoms with van der Waals surface area (Å²) >= 11 is 2.99. The molecule has 1 amide bonds. The Morgan fingerprint density at radius 1 is 1.21 bits per heavy atom. The third-order valence-electron chi connectivity index (χ3n) is 5.21. The summed E-state index contributed by atoms with van der Waals surface area (Å²) in [4.78, 5) is 33.4. The van der Waals surface area contributed by atoms with E-state index in [2.05, 4.69) is 6.92 Å². The molecule has 1 aromatic carbocycles. The zero-order valence-electron chi connectivity index (χ0n) is 16.3. The van der Waals surface area contributed by atoms with Crippen molar-refractivity contribution in [1.82, 2.24) is 14.5 Å². The molecule has 3 heterocycles. The van der Waals surface area contributed by atoms with E-state index < -0.39 is 0 Å². The van der Waals surface area contributed by atoms with Crippen LogP contribution in [0.5, 0.6) is 0 Å². The average Bonchev–Trinajstić information content (AvgIpc) is 3.08. The Morgan fingerprint density at radius 2 is 1.93 bits per heavy atom. The van der Waals surface area contributed by atoms with Gasteiger partial charge in [-0.1, -0.05) is 36.4 Å². The van der Waals surface area contributed by atoms with Crippen molar-refractivity contribution >= 4 is 29.4 Å². The van der Waals surface area contributed by atoms with Crippen LogP contribution in [0.3, 0.4) is 0 Å². The van der Waals surface area contributed by atoms with Crippen molar-refractivity contribution < 1.29 is 4.79 Å². The van der Waals surface area contributed by atoms with Gasteiger partial charge in [-0.25, -0.2) is 4.98 Å². The predicted molar refractivity (Wildman–Crippen MR) is 115 cm³/mol. The van der Waals surface area contributed by atoms with Gasteiger partial charge >= 0.3 is 0 Å². The summed E-state index contributed by atoms with van der Waals surface area (Å²) in [5, 5.41) is 0.976.